The summed E-state index contributed by atoms with van der Waals surface area (Å²) in [4.78, 5) is 30.0. The summed E-state index contributed by atoms with van der Waals surface area (Å²) in [6.45, 7) is 10.1. The molecule has 1 saturated heterocycles. The van der Waals surface area contributed by atoms with Gasteiger partial charge in [-0.3, -0.25) is 9.59 Å². The van der Waals surface area contributed by atoms with Crippen molar-refractivity contribution in [3.8, 4) is 0 Å². The molecule has 1 aromatic heterocycles. The molecule has 2 aromatic rings. The van der Waals surface area contributed by atoms with Crippen LogP contribution in [0, 0.1) is 12.3 Å². The number of aryl methyl sites for hydroxylation is 1. The molecule has 3 rings (SSSR count). The zero-order chi connectivity index (χ0) is 19.1. The molecule has 0 spiro atoms. The molecule has 27 heavy (non-hydrogen) atoms. The predicted molar refractivity (Wildman–Crippen MR) is 114 cm³/mol. The predicted octanol–water partition coefficient (Wildman–Crippen LogP) is 3.29. The summed E-state index contributed by atoms with van der Waals surface area (Å²) in [6.07, 6.45) is 0. The number of fused-ring (bicyclic) bond motifs is 1. The quantitative estimate of drug-likeness (QED) is 0.827. The molecule has 1 fully saturated rings. The molecule has 1 aromatic carbocycles. The number of piperazine rings is 1. The number of halogens is 1. The monoisotopic (exact) mass is 409 g/mol. The maximum atomic E-state index is 13.0. The van der Waals surface area contributed by atoms with E-state index in [1.54, 1.807) is 16.2 Å². The third-order valence-corrected chi connectivity index (χ3v) is 6.38. The lowest BCUT2D eigenvalue weighted by Crippen LogP contribution is -2.56. The van der Waals surface area contributed by atoms with Gasteiger partial charge in [-0.05, 0) is 29.4 Å². The second kappa shape index (κ2) is 8.17. The lowest BCUT2D eigenvalue weighted by Gasteiger charge is -2.38. The number of nitrogens with two attached hydrogens (primary N) is 1. The average molecular weight is 410 g/mol. The van der Waals surface area contributed by atoms with E-state index in [9.17, 15) is 9.59 Å². The van der Waals surface area contributed by atoms with Gasteiger partial charge in [0.15, 0.2) is 0 Å². The number of benzene rings is 1. The van der Waals surface area contributed by atoms with Crippen LogP contribution in [0.25, 0.3) is 10.1 Å². The largest absolute Gasteiger partial charge is 0.338 e. The topological polar surface area (TPSA) is 66.6 Å². The summed E-state index contributed by atoms with van der Waals surface area (Å²) < 4.78 is 1.14. The van der Waals surface area contributed by atoms with Gasteiger partial charge in [-0.2, -0.15) is 0 Å². The number of thiophene rings is 1. The lowest BCUT2D eigenvalue weighted by atomic mass is 9.86. The first-order chi connectivity index (χ1) is 12.2. The minimum absolute atomic E-state index is 0. The van der Waals surface area contributed by atoms with Crippen molar-refractivity contribution >= 4 is 45.6 Å². The van der Waals surface area contributed by atoms with Crippen molar-refractivity contribution in [1.29, 1.82) is 0 Å². The highest BCUT2D eigenvalue weighted by Gasteiger charge is 2.33. The van der Waals surface area contributed by atoms with Crippen LogP contribution in [0.2, 0.25) is 0 Å². The summed E-state index contributed by atoms with van der Waals surface area (Å²) in [7, 11) is 0. The Morgan fingerprint density at radius 2 is 1.63 bits per heavy atom. The van der Waals surface area contributed by atoms with Crippen LogP contribution in [-0.4, -0.2) is 53.8 Å². The van der Waals surface area contributed by atoms with Gasteiger partial charge < -0.3 is 15.5 Å². The molecule has 2 heterocycles. The summed E-state index contributed by atoms with van der Waals surface area (Å²) >= 11 is 1.55. The van der Waals surface area contributed by atoms with Crippen molar-refractivity contribution in [2.24, 2.45) is 11.1 Å². The van der Waals surface area contributed by atoms with Crippen LogP contribution in [0.4, 0.5) is 0 Å². The van der Waals surface area contributed by atoms with Gasteiger partial charge >= 0.3 is 0 Å². The Kier molecular flexibility index (Phi) is 6.55. The minimum atomic E-state index is -0.519. The fourth-order valence-corrected chi connectivity index (χ4v) is 4.40. The normalized spacial score (nSPS) is 16.2. The van der Waals surface area contributed by atoms with Gasteiger partial charge in [-0.1, -0.05) is 39.0 Å². The van der Waals surface area contributed by atoms with E-state index in [-0.39, 0.29) is 29.6 Å². The van der Waals surface area contributed by atoms with Gasteiger partial charge in [0.1, 0.15) is 0 Å². The van der Waals surface area contributed by atoms with Gasteiger partial charge in [0.05, 0.1) is 10.9 Å². The van der Waals surface area contributed by atoms with E-state index in [1.807, 2.05) is 50.8 Å². The number of hydrogen-bond acceptors (Lipinski definition) is 4. The second-order valence-electron chi connectivity index (χ2n) is 8.01. The van der Waals surface area contributed by atoms with Gasteiger partial charge in [-0.15, -0.1) is 23.7 Å². The fourth-order valence-electron chi connectivity index (χ4n) is 3.22. The SMILES string of the molecule is Cc1c(C(=O)N2CCN(C(=O)[C@@H](N)C(C)(C)C)CC2)sc2ccccc12.Cl. The molecule has 148 valence electrons. The molecule has 0 aliphatic carbocycles. The van der Waals surface area contributed by atoms with E-state index in [1.165, 1.54) is 0 Å². The first kappa shape index (κ1) is 21.7. The molecule has 2 N–H and O–H groups in total. The third kappa shape index (κ3) is 4.28. The molecule has 1 atom stereocenters. The van der Waals surface area contributed by atoms with E-state index in [2.05, 4.69) is 6.07 Å². The Bertz CT molecular complexity index is 835. The molecule has 0 saturated carbocycles. The van der Waals surface area contributed by atoms with Crippen molar-refractivity contribution in [2.75, 3.05) is 26.2 Å². The van der Waals surface area contributed by atoms with Crippen molar-refractivity contribution in [3.63, 3.8) is 0 Å². The second-order valence-corrected chi connectivity index (χ2v) is 9.07. The highest BCUT2D eigenvalue weighted by molar-refractivity contribution is 7.21. The van der Waals surface area contributed by atoms with Crippen molar-refractivity contribution < 1.29 is 9.59 Å². The Morgan fingerprint density at radius 1 is 1.07 bits per heavy atom. The van der Waals surface area contributed by atoms with Gasteiger partial charge in [0.25, 0.3) is 5.91 Å². The fraction of sp³-hybridized carbons (Fsp3) is 0.500. The Hall–Kier alpha value is -1.63. The van der Waals surface area contributed by atoms with E-state index in [0.717, 1.165) is 20.5 Å². The van der Waals surface area contributed by atoms with Crippen molar-refractivity contribution in [3.05, 3.63) is 34.7 Å². The standard InChI is InChI=1S/C20H27N3O2S.ClH/c1-13-14-7-5-6-8-15(14)26-16(13)18(24)22-9-11-23(12-10-22)19(25)17(21)20(2,3)4;/h5-8,17H,9-12,21H2,1-4H3;1H/t17-;/m1./s1. The van der Waals surface area contributed by atoms with Crippen molar-refractivity contribution in [1.82, 2.24) is 9.80 Å². The summed E-state index contributed by atoms with van der Waals surface area (Å²) in [5, 5.41) is 1.14. The first-order valence-electron chi connectivity index (χ1n) is 9.02. The highest BCUT2D eigenvalue weighted by atomic mass is 35.5. The van der Waals surface area contributed by atoms with Crippen LogP contribution in [0.5, 0.6) is 0 Å². The number of amides is 2. The number of hydrogen-bond donors (Lipinski definition) is 1. The molecule has 2 amide bonds. The summed E-state index contributed by atoms with van der Waals surface area (Å²) in [5.41, 5.74) is 6.88. The summed E-state index contributed by atoms with van der Waals surface area (Å²) in [6, 6.07) is 7.58. The molecule has 1 aliphatic heterocycles. The maximum Gasteiger partial charge on any atom is 0.264 e. The number of nitrogens with zero attached hydrogens (tertiary/aromatic N) is 2. The van der Waals surface area contributed by atoms with E-state index in [4.69, 9.17) is 5.73 Å². The van der Waals surface area contributed by atoms with Crippen molar-refractivity contribution in [2.45, 2.75) is 33.7 Å². The van der Waals surface area contributed by atoms with Crippen LogP contribution >= 0.6 is 23.7 Å². The lowest BCUT2D eigenvalue weighted by molar-refractivity contribution is -0.136. The molecule has 0 unspecified atom stereocenters. The Morgan fingerprint density at radius 3 is 2.19 bits per heavy atom. The van der Waals surface area contributed by atoms with Crippen LogP contribution in [0.15, 0.2) is 24.3 Å². The molecular weight excluding hydrogens is 382 g/mol. The minimum Gasteiger partial charge on any atom is -0.338 e. The molecule has 7 heteroatoms. The van der Waals surface area contributed by atoms with Crippen LogP contribution in [0.3, 0.4) is 0 Å². The third-order valence-electron chi connectivity index (χ3n) is 5.12. The van der Waals surface area contributed by atoms with Gasteiger partial charge in [0.2, 0.25) is 5.91 Å². The first-order valence-corrected chi connectivity index (χ1v) is 9.83. The Balaban J connectivity index is 0.00000261. The van der Waals surface area contributed by atoms with Gasteiger partial charge in [-0.25, -0.2) is 0 Å². The molecule has 0 radical (unpaired) electrons. The maximum absolute atomic E-state index is 13.0. The summed E-state index contributed by atoms with van der Waals surface area (Å²) in [5.74, 6) is 0.0403. The number of rotatable bonds is 2. The Labute approximate surface area is 170 Å². The molecule has 0 bridgehead atoms. The number of carbonyl (C=O) groups is 2. The number of carbonyl (C=O) groups excluding carboxylic acids is 2. The molecular formula is C20H28ClN3O2S. The van der Waals surface area contributed by atoms with Gasteiger partial charge in [0, 0.05) is 30.9 Å². The average Bonchev–Trinajstić information content (AvgIpc) is 2.96. The zero-order valence-electron chi connectivity index (χ0n) is 16.3. The van der Waals surface area contributed by atoms with E-state index in [0.29, 0.717) is 26.2 Å². The van der Waals surface area contributed by atoms with Crippen LogP contribution < -0.4 is 5.73 Å². The van der Waals surface area contributed by atoms with Crippen LogP contribution in [0.1, 0.15) is 36.0 Å². The van der Waals surface area contributed by atoms with E-state index < -0.39 is 6.04 Å². The van der Waals surface area contributed by atoms with Crippen LogP contribution in [-0.2, 0) is 4.79 Å². The molecule has 1 aliphatic rings. The zero-order valence-corrected chi connectivity index (χ0v) is 18.0. The highest BCUT2D eigenvalue weighted by Crippen LogP contribution is 2.31. The smallest absolute Gasteiger partial charge is 0.264 e. The van der Waals surface area contributed by atoms with E-state index >= 15 is 0 Å². The molecule has 5 nitrogen and oxygen atoms in total.